The molecule has 0 aliphatic carbocycles. The Kier molecular flexibility index (Phi) is 4.43. The minimum Gasteiger partial charge on any atom is -0.442 e. The van der Waals surface area contributed by atoms with E-state index in [1.54, 1.807) is 18.7 Å². The van der Waals surface area contributed by atoms with Crippen LogP contribution in [0.15, 0.2) is 23.7 Å². The number of hydrogen-bond donors (Lipinski definition) is 0. The van der Waals surface area contributed by atoms with E-state index in [1.165, 1.54) is 0 Å². The molecule has 0 bridgehead atoms. The van der Waals surface area contributed by atoms with Crippen LogP contribution in [0.2, 0.25) is 0 Å². The minimum absolute atomic E-state index is 0.0324. The number of rotatable bonds is 3. The van der Waals surface area contributed by atoms with E-state index in [-0.39, 0.29) is 6.04 Å². The smallest absolute Gasteiger partial charge is 0.433 e. The van der Waals surface area contributed by atoms with Crippen LogP contribution in [0.3, 0.4) is 0 Å². The maximum Gasteiger partial charge on any atom is 0.433 e. The van der Waals surface area contributed by atoms with Gasteiger partial charge in [-0.1, -0.05) is 6.92 Å². The summed E-state index contributed by atoms with van der Waals surface area (Å²) in [5.74, 6) is 0. The van der Waals surface area contributed by atoms with Crippen LogP contribution in [0.25, 0.3) is 0 Å². The fourth-order valence-electron chi connectivity index (χ4n) is 1.29. The first-order valence-electron chi connectivity index (χ1n) is 5.67. The van der Waals surface area contributed by atoms with E-state index >= 15 is 0 Å². The van der Waals surface area contributed by atoms with Crippen molar-refractivity contribution in [2.75, 3.05) is 0 Å². The molecule has 0 aromatic carbocycles. The predicted octanol–water partition coefficient (Wildman–Crippen LogP) is 2.84. The molecule has 0 fully saturated rings. The first-order valence-corrected chi connectivity index (χ1v) is 5.67. The van der Waals surface area contributed by atoms with Crippen LogP contribution in [0.1, 0.15) is 40.2 Å². The number of amides is 1. The number of carbonyl (C=O) groups is 1. The lowest BCUT2D eigenvalue weighted by atomic mass is 10.2. The predicted molar refractivity (Wildman–Crippen MR) is 66.3 cm³/mol. The Morgan fingerprint density at radius 3 is 2.76 bits per heavy atom. The second-order valence-corrected chi connectivity index (χ2v) is 4.74. The van der Waals surface area contributed by atoms with Crippen molar-refractivity contribution < 1.29 is 9.53 Å². The zero-order valence-corrected chi connectivity index (χ0v) is 10.8. The highest BCUT2D eigenvalue weighted by Gasteiger charge is 2.15. The molecule has 1 atom stereocenters. The van der Waals surface area contributed by atoms with E-state index in [0.717, 1.165) is 6.42 Å². The first-order chi connectivity index (χ1) is 7.92. The Labute approximate surface area is 102 Å². The van der Waals surface area contributed by atoms with E-state index in [2.05, 4.69) is 9.98 Å². The van der Waals surface area contributed by atoms with Crippen molar-refractivity contribution in [3.63, 3.8) is 0 Å². The van der Waals surface area contributed by atoms with Crippen LogP contribution >= 0.6 is 0 Å². The number of nitrogens with zero attached hydrogens (tertiary/aromatic N) is 3. The summed E-state index contributed by atoms with van der Waals surface area (Å²) in [5, 5.41) is 0. The van der Waals surface area contributed by atoms with Crippen molar-refractivity contribution in [1.82, 2.24) is 9.55 Å². The normalized spacial score (nSPS) is 13.9. The first kappa shape index (κ1) is 13.4. The monoisotopic (exact) mass is 237 g/mol. The zero-order valence-electron chi connectivity index (χ0n) is 10.8. The maximum absolute atomic E-state index is 11.4. The lowest BCUT2D eigenvalue weighted by Gasteiger charge is -2.17. The quantitative estimate of drug-likeness (QED) is 0.759. The second kappa shape index (κ2) is 5.61. The van der Waals surface area contributed by atoms with Crippen LogP contribution in [0.5, 0.6) is 0 Å². The topological polar surface area (TPSA) is 56.5 Å². The molecule has 0 aliphatic rings. The summed E-state index contributed by atoms with van der Waals surface area (Å²) in [6, 6.07) is 0.0324. The zero-order chi connectivity index (χ0) is 12.9. The summed E-state index contributed by atoms with van der Waals surface area (Å²) in [6.07, 6.45) is 7.11. The third kappa shape index (κ3) is 4.80. The van der Waals surface area contributed by atoms with Gasteiger partial charge < -0.3 is 9.30 Å². The SMILES string of the molecule is CC[C@H](C=NC(=O)OC(C)(C)C)n1ccnc1. The van der Waals surface area contributed by atoms with E-state index in [1.807, 2.05) is 38.5 Å². The molecule has 0 aliphatic heterocycles. The average molecular weight is 237 g/mol. The Morgan fingerprint density at radius 1 is 1.59 bits per heavy atom. The highest BCUT2D eigenvalue weighted by atomic mass is 16.6. The summed E-state index contributed by atoms with van der Waals surface area (Å²) >= 11 is 0. The van der Waals surface area contributed by atoms with Crippen molar-refractivity contribution in [3.8, 4) is 0 Å². The van der Waals surface area contributed by atoms with Crippen molar-refractivity contribution >= 4 is 12.3 Å². The van der Waals surface area contributed by atoms with Gasteiger partial charge in [0.25, 0.3) is 0 Å². The molecule has 17 heavy (non-hydrogen) atoms. The Bertz CT molecular complexity index is 377. The van der Waals surface area contributed by atoms with Gasteiger partial charge in [0.05, 0.1) is 12.4 Å². The van der Waals surface area contributed by atoms with E-state index in [4.69, 9.17) is 4.74 Å². The van der Waals surface area contributed by atoms with Crippen LogP contribution in [-0.4, -0.2) is 27.5 Å². The number of ether oxygens (including phenoxy) is 1. The Balaban J connectivity index is 2.60. The van der Waals surface area contributed by atoms with Gasteiger partial charge in [-0.05, 0) is 27.2 Å². The fourth-order valence-corrected chi connectivity index (χ4v) is 1.29. The minimum atomic E-state index is -0.559. The number of aromatic nitrogens is 2. The highest BCUT2D eigenvalue weighted by molar-refractivity contribution is 5.81. The number of aliphatic imine (C=N–C) groups is 1. The molecule has 5 heteroatoms. The fraction of sp³-hybridized carbons (Fsp3) is 0.583. The summed E-state index contributed by atoms with van der Waals surface area (Å²) in [4.78, 5) is 19.2. The van der Waals surface area contributed by atoms with Gasteiger partial charge in [0, 0.05) is 18.6 Å². The standard InChI is InChI=1S/C12H19N3O2/c1-5-10(15-7-6-13-9-15)8-14-11(16)17-12(2,3)4/h6-10H,5H2,1-4H3/t10-/m1/s1. The van der Waals surface area contributed by atoms with Gasteiger partial charge in [-0.25, -0.2) is 9.78 Å². The molecule has 1 aromatic rings. The van der Waals surface area contributed by atoms with Crippen molar-refractivity contribution in [2.45, 2.75) is 45.8 Å². The molecule has 0 saturated carbocycles. The van der Waals surface area contributed by atoms with E-state index < -0.39 is 11.7 Å². The van der Waals surface area contributed by atoms with Crippen LogP contribution < -0.4 is 0 Å². The number of imidazole rings is 1. The molecular formula is C12H19N3O2. The highest BCUT2D eigenvalue weighted by Crippen LogP contribution is 2.10. The number of carbonyl (C=O) groups excluding carboxylic acids is 1. The summed E-state index contributed by atoms with van der Waals surface area (Å²) < 4.78 is 6.98. The average Bonchev–Trinajstić information content (AvgIpc) is 2.69. The van der Waals surface area contributed by atoms with Crippen molar-refractivity contribution in [2.24, 2.45) is 4.99 Å². The lowest BCUT2D eigenvalue weighted by molar-refractivity contribution is 0.0604. The van der Waals surface area contributed by atoms with Crippen LogP contribution in [0.4, 0.5) is 4.79 Å². The van der Waals surface area contributed by atoms with Gasteiger partial charge in [0.2, 0.25) is 0 Å². The third-order valence-corrected chi connectivity index (χ3v) is 2.07. The van der Waals surface area contributed by atoms with Gasteiger partial charge in [-0.2, -0.15) is 4.99 Å². The van der Waals surface area contributed by atoms with Crippen LogP contribution in [0, 0.1) is 0 Å². The van der Waals surface area contributed by atoms with E-state index in [0.29, 0.717) is 0 Å². The molecule has 0 saturated heterocycles. The summed E-state index contributed by atoms with van der Waals surface area (Å²) in [6.45, 7) is 7.46. The molecule has 0 unspecified atom stereocenters. The molecular weight excluding hydrogens is 218 g/mol. The maximum atomic E-state index is 11.4. The van der Waals surface area contributed by atoms with Crippen molar-refractivity contribution in [3.05, 3.63) is 18.7 Å². The summed E-state index contributed by atoms with van der Waals surface area (Å²) in [7, 11) is 0. The molecule has 0 N–H and O–H groups in total. The third-order valence-electron chi connectivity index (χ3n) is 2.07. The Morgan fingerprint density at radius 2 is 2.29 bits per heavy atom. The molecule has 0 radical (unpaired) electrons. The van der Waals surface area contributed by atoms with Gasteiger partial charge in [-0.3, -0.25) is 0 Å². The Hall–Kier alpha value is -1.65. The van der Waals surface area contributed by atoms with Gasteiger partial charge in [0.15, 0.2) is 0 Å². The molecule has 1 amide bonds. The van der Waals surface area contributed by atoms with E-state index in [9.17, 15) is 4.79 Å². The van der Waals surface area contributed by atoms with Crippen molar-refractivity contribution in [1.29, 1.82) is 0 Å². The molecule has 1 aromatic heterocycles. The van der Waals surface area contributed by atoms with Crippen LogP contribution in [-0.2, 0) is 4.74 Å². The largest absolute Gasteiger partial charge is 0.442 e. The molecule has 5 nitrogen and oxygen atoms in total. The second-order valence-electron chi connectivity index (χ2n) is 4.74. The van der Waals surface area contributed by atoms with Gasteiger partial charge >= 0.3 is 6.09 Å². The lowest BCUT2D eigenvalue weighted by Crippen LogP contribution is -2.22. The molecule has 1 heterocycles. The molecule has 0 spiro atoms. The van der Waals surface area contributed by atoms with Gasteiger partial charge in [0.1, 0.15) is 5.60 Å². The number of hydrogen-bond acceptors (Lipinski definition) is 3. The summed E-state index contributed by atoms with van der Waals surface area (Å²) in [5.41, 5.74) is -0.509. The van der Waals surface area contributed by atoms with Gasteiger partial charge in [-0.15, -0.1) is 0 Å². The molecule has 94 valence electrons. The molecule has 1 rings (SSSR count).